The van der Waals surface area contributed by atoms with Crippen LogP contribution >= 0.6 is 15.9 Å². The highest BCUT2D eigenvalue weighted by molar-refractivity contribution is 9.10. The number of halogens is 1. The van der Waals surface area contributed by atoms with Crippen molar-refractivity contribution in [2.75, 3.05) is 11.9 Å². The van der Waals surface area contributed by atoms with Gasteiger partial charge in [0.15, 0.2) is 0 Å². The van der Waals surface area contributed by atoms with E-state index in [-0.39, 0.29) is 0 Å². The van der Waals surface area contributed by atoms with Crippen LogP contribution < -0.4 is 5.32 Å². The minimum Gasteiger partial charge on any atom is -0.384 e. The smallest absolute Gasteiger partial charge is 0.106 e. The van der Waals surface area contributed by atoms with E-state index >= 15 is 0 Å². The van der Waals surface area contributed by atoms with Crippen LogP contribution in [0.5, 0.6) is 0 Å². The average molecular weight is 283 g/mol. The minimum atomic E-state index is 0.894. The van der Waals surface area contributed by atoms with Gasteiger partial charge in [0, 0.05) is 6.54 Å². The van der Waals surface area contributed by atoms with Crippen molar-refractivity contribution in [1.82, 2.24) is 4.98 Å². The van der Waals surface area contributed by atoms with Crippen molar-refractivity contribution < 1.29 is 0 Å². The van der Waals surface area contributed by atoms with Crippen molar-refractivity contribution in [1.29, 1.82) is 0 Å². The maximum absolute atomic E-state index is 4.20. The van der Waals surface area contributed by atoms with Crippen LogP contribution in [0.3, 0.4) is 0 Å². The molecule has 1 heterocycles. The first-order valence-electron chi connectivity index (χ1n) is 6.20. The molecule has 0 spiro atoms. The Bertz CT molecular complexity index is 304. The van der Waals surface area contributed by atoms with Crippen LogP contribution in [0, 0.1) is 5.92 Å². The molecule has 1 aliphatic rings. The molecule has 0 aliphatic heterocycles. The van der Waals surface area contributed by atoms with Crippen LogP contribution in [0.1, 0.15) is 38.5 Å². The molecule has 2 rings (SSSR count). The van der Waals surface area contributed by atoms with Crippen molar-refractivity contribution in [3.05, 3.63) is 22.9 Å². The fraction of sp³-hybridized carbons (Fsp3) is 0.615. The van der Waals surface area contributed by atoms with E-state index in [1.54, 1.807) is 0 Å². The van der Waals surface area contributed by atoms with Crippen LogP contribution in [0.4, 0.5) is 5.69 Å². The second kappa shape index (κ2) is 6.24. The zero-order valence-corrected chi connectivity index (χ0v) is 11.2. The zero-order valence-electron chi connectivity index (χ0n) is 9.58. The van der Waals surface area contributed by atoms with Crippen LogP contribution in [0.25, 0.3) is 0 Å². The maximum Gasteiger partial charge on any atom is 0.106 e. The molecule has 1 fully saturated rings. The summed E-state index contributed by atoms with van der Waals surface area (Å²) in [7, 11) is 0. The first kappa shape index (κ1) is 11.9. The summed E-state index contributed by atoms with van der Waals surface area (Å²) >= 11 is 3.34. The molecule has 1 aliphatic carbocycles. The summed E-state index contributed by atoms with van der Waals surface area (Å²) in [6.07, 6.45) is 10.4. The monoisotopic (exact) mass is 282 g/mol. The standard InChI is InChI=1S/C13H19BrN2/c14-13-7-6-12(10-16-13)15-9-8-11-4-2-1-3-5-11/h6-7,10-11,15H,1-5,8-9H2. The minimum absolute atomic E-state index is 0.894. The maximum atomic E-state index is 4.20. The Morgan fingerprint density at radius 3 is 2.75 bits per heavy atom. The SMILES string of the molecule is Brc1ccc(NCCC2CCCCC2)cn1. The van der Waals surface area contributed by atoms with E-state index in [2.05, 4.69) is 32.3 Å². The van der Waals surface area contributed by atoms with Gasteiger partial charge < -0.3 is 5.32 Å². The Kier molecular flexibility index (Phi) is 4.64. The lowest BCUT2D eigenvalue weighted by atomic mass is 9.87. The zero-order chi connectivity index (χ0) is 11.2. The number of nitrogens with one attached hydrogen (secondary N) is 1. The molecule has 1 saturated carbocycles. The van der Waals surface area contributed by atoms with Gasteiger partial charge >= 0.3 is 0 Å². The Labute approximate surface area is 106 Å². The molecule has 0 unspecified atom stereocenters. The molecular weight excluding hydrogens is 264 g/mol. The second-order valence-corrected chi connectivity index (χ2v) is 5.40. The number of nitrogens with zero attached hydrogens (tertiary/aromatic N) is 1. The van der Waals surface area contributed by atoms with Gasteiger partial charge in [0.1, 0.15) is 4.60 Å². The third-order valence-corrected chi connectivity index (χ3v) is 3.80. The number of hydrogen-bond donors (Lipinski definition) is 1. The van der Waals surface area contributed by atoms with Crippen molar-refractivity contribution in [3.63, 3.8) is 0 Å². The lowest BCUT2D eigenvalue weighted by Gasteiger charge is -2.21. The van der Waals surface area contributed by atoms with Gasteiger partial charge in [-0.15, -0.1) is 0 Å². The Morgan fingerprint density at radius 1 is 1.25 bits per heavy atom. The summed E-state index contributed by atoms with van der Waals surface area (Å²) in [5.74, 6) is 0.949. The summed E-state index contributed by atoms with van der Waals surface area (Å²) in [4.78, 5) is 4.20. The highest BCUT2D eigenvalue weighted by Crippen LogP contribution is 2.26. The molecule has 1 N–H and O–H groups in total. The largest absolute Gasteiger partial charge is 0.384 e. The van der Waals surface area contributed by atoms with E-state index in [0.717, 1.165) is 22.8 Å². The lowest BCUT2D eigenvalue weighted by molar-refractivity contribution is 0.345. The van der Waals surface area contributed by atoms with Gasteiger partial charge in [-0.2, -0.15) is 0 Å². The van der Waals surface area contributed by atoms with Gasteiger partial charge in [-0.25, -0.2) is 4.98 Å². The molecular formula is C13H19BrN2. The fourth-order valence-corrected chi connectivity index (χ4v) is 2.61. The van der Waals surface area contributed by atoms with Crippen molar-refractivity contribution in [2.24, 2.45) is 5.92 Å². The predicted octanol–water partition coefficient (Wildman–Crippen LogP) is 4.23. The van der Waals surface area contributed by atoms with Gasteiger partial charge in [0.2, 0.25) is 0 Å². The third-order valence-electron chi connectivity index (χ3n) is 3.33. The molecule has 1 aromatic rings. The number of aromatic nitrogens is 1. The fourth-order valence-electron chi connectivity index (χ4n) is 2.38. The van der Waals surface area contributed by atoms with Crippen LogP contribution in [-0.2, 0) is 0 Å². The van der Waals surface area contributed by atoms with Gasteiger partial charge in [0.25, 0.3) is 0 Å². The van der Waals surface area contributed by atoms with Crippen molar-refractivity contribution in [3.8, 4) is 0 Å². The van der Waals surface area contributed by atoms with Gasteiger partial charge in [-0.1, -0.05) is 32.1 Å². The number of anilines is 1. The molecule has 1 aromatic heterocycles. The second-order valence-electron chi connectivity index (χ2n) is 4.59. The number of pyridine rings is 1. The Morgan fingerprint density at radius 2 is 2.06 bits per heavy atom. The molecule has 0 atom stereocenters. The quantitative estimate of drug-likeness (QED) is 0.836. The Balaban J connectivity index is 1.69. The summed E-state index contributed by atoms with van der Waals surface area (Å²) in [6.45, 7) is 1.08. The highest BCUT2D eigenvalue weighted by atomic mass is 79.9. The van der Waals surface area contributed by atoms with Gasteiger partial charge in [-0.3, -0.25) is 0 Å². The molecule has 88 valence electrons. The molecule has 0 bridgehead atoms. The van der Waals surface area contributed by atoms with Crippen LogP contribution in [0.2, 0.25) is 0 Å². The van der Waals surface area contributed by atoms with Gasteiger partial charge in [-0.05, 0) is 40.4 Å². The molecule has 16 heavy (non-hydrogen) atoms. The molecule has 0 radical (unpaired) electrons. The molecule has 2 nitrogen and oxygen atoms in total. The topological polar surface area (TPSA) is 24.9 Å². The van der Waals surface area contributed by atoms with E-state index in [9.17, 15) is 0 Å². The van der Waals surface area contributed by atoms with E-state index in [0.29, 0.717) is 0 Å². The summed E-state index contributed by atoms with van der Waals surface area (Å²) in [6, 6.07) is 4.04. The molecule has 3 heteroatoms. The van der Waals surface area contributed by atoms with E-state index in [1.165, 1.54) is 38.5 Å². The van der Waals surface area contributed by atoms with Crippen LogP contribution in [-0.4, -0.2) is 11.5 Å². The third kappa shape index (κ3) is 3.78. The van der Waals surface area contributed by atoms with Crippen LogP contribution in [0.15, 0.2) is 22.9 Å². The average Bonchev–Trinajstić information content (AvgIpc) is 2.33. The molecule has 0 saturated heterocycles. The van der Waals surface area contributed by atoms with E-state index < -0.39 is 0 Å². The summed E-state index contributed by atoms with van der Waals surface area (Å²) in [5, 5.41) is 3.44. The first-order chi connectivity index (χ1) is 7.84. The first-order valence-corrected chi connectivity index (χ1v) is 6.99. The van der Waals surface area contributed by atoms with E-state index in [4.69, 9.17) is 0 Å². The predicted molar refractivity (Wildman–Crippen MR) is 71.6 cm³/mol. The molecule has 0 aromatic carbocycles. The van der Waals surface area contributed by atoms with E-state index in [1.807, 2.05) is 12.3 Å². The van der Waals surface area contributed by atoms with Gasteiger partial charge in [0.05, 0.1) is 11.9 Å². The summed E-state index contributed by atoms with van der Waals surface area (Å²) in [5.41, 5.74) is 1.12. The summed E-state index contributed by atoms with van der Waals surface area (Å²) < 4.78 is 0.894. The lowest BCUT2D eigenvalue weighted by Crippen LogP contribution is -2.12. The Hall–Kier alpha value is -0.570. The normalized spacial score (nSPS) is 17.3. The highest BCUT2D eigenvalue weighted by Gasteiger charge is 2.12. The van der Waals surface area contributed by atoms with Crippen molar-refractivity contribution in [2.45, 2.75) is 38.5 Å². The number of hydrogen-bond acceptors (Lipinski definition) is 2. The number of rotatable bonds is 4. The molecule has 0 amide bonds. The van der Waals surface area contributed by atoms with Crippen molar-refractivity contribution >= 4 is 21.6 Å².